The molecule has 5 rings (SSSR count). The molecular weight excluding hydrogens is 360 g/mol. The van der Waals surface area contributed by atoms with E-state index in [1.54, 1.807) is 0 Å². The third-order valence-corrected chi connectivity index (χ3v) is 8.71. The molecule has 0 aromatic heterocycles. The van der Waals surface area contributed by atoms with Crippen molar-refractivity contribution in [1.82, 2.24) is 15.1 Å². The van der Waals surface area contributed by atoms with Crippen molar-refractivity contribution in [3.05, 3.63) is 0 Å². The third kappa shape index (κ3) is 3.99. The van der Waals surface area contributed by atoms with Crippen molar-refractivity contribution >= 4 is 5.84 Å². The lowest BCUT2D eigenvalue weighted by atomic mass is 9.71. The average Bonchev–Trinajstić information content (AvgIpc) is 3.35. The van der Waals surface area contributed by atoms with Gasteiger partial charge in [0, 0.05) is 51.2 Å². The van der Waals surface area contributed by atoms with Crippen LogP contribution in [0.25, 0.3) is 0 Å². The second-order valence-electron chi connectivity index (χ2n) is 10.3. The standard InChI is InChI=1S/C24H42N4O/c1-3-29-18-12-10-17(11-13-18)28-16-14-20-23(26-22-9-6-15-27(22)2)19-7-4-5-8-21(19)25-24(20)28/h17-21,23-25H,3-16H2,1-2H3. The Bertz CT molecular complexity index is 587. The molecule has 164 valence electrons. The Kier molecular flexibility index (Phi) is 6.18. The molecule has 5 heteroatoms. The van der Waals surface area contributed by atoms with Crippen LogP contribution >= 0.6 is 0 Å². The molecule has 5 atom stereocenters. The zero-order chi connectivity index (χ0) is 19.8. The minimum atomic E-state index is 0.508. The van der Waals surface area contributed by atoms with Gasteiger partial charge in [0.25, 0.3) is 0 Å². The van der Waals surface area contributed by atoms with Gasteiger partial charge in [-0.05, 0) is 64.2 Å². The molecule has 0 aromatic rings. The maximum Gasteiger partial charge on any atom is 0.0990 e. The van der Waals surface area contributed by atoms with Crippen LogP contribution in [0.4, 0.5) is 0 Å². The van der Waals surface area contributed by atoms with Crippen molar-refractivity contribution in [3.63, 3.8) is 0 Å². The van der Waals surface area contributed by atoms with Gasteiger partial charge in [-0.3, -0.25) is 15.2 Å². The van der Waals surface area contributed by atoms with Gasteiger partial charge < -0.3 is 9.64 Å². The summed E-state index contributed by atoms with van der Waals surface area (Å²) in [6.07, 6.45) is 15.5. The van der Waals surface area contributed by atoms with Gasteiger partial charge in [-0.1, -0.05) is 12.8 Å². The fraction of sp³-hybridized carbons (Fsp3) is 0.958. The van der Waals surface area contributed by atoms with Crippen LogP contribution in [0.5, 0.6) is 0 Å². The highest BCUT2D eigenvalue weighted by molar-refractivity contribution is 5.84. The van der Waals surface area contributed by atoms with Crippen LogP contribution < -0.4 is 5.32 Å². The smallest absolute Gasteiger partial charge is 0.0990 e. The molecule has 3 saturated heterocycles. The van der Waals surface area contributed by atoms with Gasteiger partial charge in [0.1, 0.15) is 0 Å². The van der Waals surface area contributed by atoms with Crippen LogP contribution in [-0.4, -0.2) is 72.8 Å². The predicted molar refractivity (Wildman–Crippen MR) is 118 cm³/mol. The molecule has 5 nitrogen and oxygen atoms in total. The van der Waals surface area contributed by atoms with E-state index in [4.69, 9.17) is 9.73 Å². The molecule has 0 aromatic carbocycles. The van der Waals surface area contributed by atoms with Crippen LogP contribution in [0.15, 0.2) is 4.99 Å². The van der Waals surface area contributed by atoms with Crippen molar-refractivity contribution in [3.8, 4) is 0 Å². The first kappa shape index (κ1) is 20.3. The largest absolute Gasteiger partial charge is 0.379 e. The Morgan fingerprint density at radius 3 is 2.55 bits per heavy atom. The van der Waals surface area contributed by atoms with E-state index < -0.39 is 0 Å². The van der Waals surface area contributed by atoms with Crippen molar-refractivity contribution in [1.29, 1.82) is 0 Å². The van der Waals surface area contributed by atoms with Gasteiger partial charge in [0.15, 0.2) is 0 Å². The summed E-state index contributed by atoms with van der Waals surface area (Å²) in [4.78, 5) is 10.8. The summed E-state index contributed by atoms with van der Waals surface area (Å²) in [6, 6.07) is 1.98. The first-order chi connectivity index (χ1) is 14.2. The molecule has 5 unspecified atom stereocenters. The SMILES string of the molecule is CCOC1CCC(N2CCC3C(N=C4CCCN4C)C4CCCCC4NC32)CC1. The molecular formula is C24H42N4O. The van der Waals surface area contributed by atoms with Gasteiger partial charge in [-0.25, -0.2) is 0 Å². The Morgan fingerprint density at radius 1 is 0.966 bits per heavy atom. The van der Waals surface area contributed by atoms with Crippen molar-refractivity contribution in [2.45, 2.75) is 108 Å². The molecule has 0 radical (unpaired) electrons. The van der Waals surface area contributed by atoms with Gasteiger partial charge in [0.2, 0.25) is 0 Å². The lowest BCUT2D eigenvalue weighted by Crippen LogP contribution is -2.63. The summed E-state index contributed by atoms with van der Waals surface area (Å²) < 4.78 is 5.92. The molecule has 2 aliphatic carbocycles. The number of aliphatic imine (C=N–C) groups is 1. The van der Waals surface area contributed by atoms with E-state index in [-0.39, 0.29) is 0 Å². The summed E-state index contributed by atoms with van der Waals surface area (Å²) in [5.41, 5.74) is 0. The van der Waals surface area contributed by atoms with E-state index in [1.807, 2.05) is 0 Å². The molecule has 5 aliphatic rings. The topological polar surface area (TPSA) is 40.1 Å². The minimum Gasteiger partial charge on any atom is -0.379 e. The predicted octanol–water partition coefficient (Wildman–Crippen LogP) is 3.64. The number of hydrogen-bond acceptors (Lipinski definition) is 4. The van der Waals surface area contributed by atoms with Crippen molar-refractivity contribution < 1.29 is 4.74 Å². The van der Waals surface area contributed by atoms with Gasteiger partial charge >= 0.3 is 0 Å². The summed E-state index contributed by atoms with van der Waals surface area (Å²) in [7, 11) is 2.25. The number of nitrogens with one attached hydrogen (secondary N) is 1. The Balaban J connectivity index is 1.33. The number of ether oxygens (including phenoxy) is 1. The zero-order valence-electron chi connectivity index (χ0n) is 18.7. The molecule has 0 bridgehead atoms. The van der Waals surface area contributed by atoms with Crippen LogP contribution in [0.3, 0.4) is 0 Å². The van der Waals surface area contributed by atoms with Crippen molar-refractivity contribution in [2.75, 3.05) is 26.7 Å². The number of rotatable bonds is 4. The fourth-order valence-corrected chi connectivity index (χ4v) is 7.24. The quantitative estimate of drug-likeness (QED) is 0.779. The third-order valence-electron chi connectivity index (χ3n) is 8.71. The monoisotopic (exact) mass is 402 g/mol. The van der Waals surface area contributed by atoms with Crippen molar-refractivity contribution in [2.24, 2.45) is 16.8 Å². The van der Waals surface area contributed by atoms with Crippen LogP contribution in [0, 0.1) is 11.8 Å². The molecule has 1 N–H and O–H groups in total. The Morgan fingerprint density at radius 2 is 1.79 bits per heavy atom. The van der Waals surface area contributed by atoms with E-state index in [1.165, 1.54) is 89.6 Å². The number of likely N-dealkylation sites (tertiary alicyclic amines) is 2. The lowest BCUT2D eigenvalue weighted by Gasteiger charge is -2.50. The summed E-state index contributed by atoms with van der Waals surface area (Å²) in [5, 5.41) is 4.18. The van der Waals surface area contributed by atoms with Gasteiger partial charge in [0.05, 0.1) is 24.1 Å². The van der Waals surface area contributed by atoms with E-state index in [0.717, 1.165) is 18.6 Å². The number of hydrogen-bond donors (Lipinski definition) is 1. The van der Waals surface area contributed by atoms with E-state index >= 15 is 0 Å². The number of fused-ring (bicyclic) bond motifs is 2. The van der Waals surface area contributed by atoms with Gasteiger partial charge in [-0.2, -0.15) is 0 Å². The van der Waals surface area contributed by atoms with E-state index in [2.05, 4.69) is 29.1 Å². The number of nitrogens with zero attached hydrogens (tertiary/aromatic N) is 3. The van der Waals surface area contributed by atoms with E-state index in [0.29, 0.717) is 30.3 Å². The first-order valence-corrected chi connectivity index (χ1v) is 12.7. The molecule has 0 spiro atoms. The zero-order valence-corrected chi connectivity index (χ0v) is 18.7. The molecule has 2 saturated carbocycles. The van der Waals surface area contributed by atoms with Gasteiger partial charge in [-0.15, -0.1) is 0 Å². The summed E-state index contributed by atoms with van der Waals surface area (Å²) >= 11 is 0. The summed E-state index contributed by atoms with van der Waals surface area (Å²) in [6.45, 7) is 5.46. The normalized spacial score (nSPS) is 44.8. The lowest BCUT2D eigenvalue weighted by molar-refractivity contribution is -0.00799. The Hall–Kier alpha value is -0.650. The Labute approximate surface area is 177 Å². The second-order valence-corrected chi connectivity index (χ2v) is 10.3. The molecule has 3 aliphatic heterocycles. The highest BCUT2D eigenvalue weighted by Gasteiger charge is 2.51. The minimum absolute atomic E-state index is 0.508. The molecule has 5 fully saturated rings. The number of amidine groups is 1. The van der Waals surface area contributed by atoms with Crippen LogP contribution in [-0.2, 0) is 4.74 Å². The highest BCUT2D eigenvalue weighted by Crippen LogP contribution is 2.44. The first-order valence-electron chi connectivity index (χ1n) is 12.7. The van der Waals surface area contributed by atoms with E-state index in [9.17, 15) is 0 Å². The maximum absolute atomic E-state index is 5.92. The highest BCUT2D eigenvalue weighted by atomic mass is 16.5. The molecule has 0 amide bonds. The average molecular weight is 403 g/mol. The summed E-state index contributed by atoms with van der Waals surface area (Å²) in [5.74, 6) is 2.87. The maximum atomic E-state index is 5.92. The molecule has 29 heavy (non-hydrogen) atoms. The number of piperidine rings is 1. The second kappa shape index (κ2) is 8.84. The van der Waals surface area contributed by atoms with Crippen LogP contribution in [0.2, 0.25) is 0 Å². The fourth-order valence-electron chi connectivity index (χ4n) is 7.24. The molecule has 3 heterocycles. The van der Waals surface area contributed by atoms with Crippen LogP contribution in [0.1, 0.15) is 77.6 Å².